The lowest BCUT2D eigenvalue weighted by Crippen LogP contribution is -2.42. The summed E-state index contributed by atoms with van der Waals surface area (Å²) < 4.78 is 15.4. The smallest absolute Gasteiger partial charge is 0.344 e. The Labute approximate surface area is 84.1 Å². The minimum atomic E-state index is -1.74. The van der Waals surface area contributed by atoms with Gasteiger partial charge in [0.25, 0.3) is 0 Å². The first-order valence-corrected chi connectivity index (χ1v) is 5.93. The molecular formula is C8H15NO4P+. The molecule has 0 radical (unpaired) electrons. The number of rotatable bonds is 6. The Morgan fingerprint density at radius 2 is 2.07 bits per heavy atom. The fourth-order valence-electron chi connectivity index (χ4n) is 0.886. The van der Waals surface area contributed by atoms with E-state index in [2.05, 4.69) is 5.32 Å². The molecule has 80 valence electrons. The summed E-state index contributed by atoms with van der Waals surface area (Å²) in [6.45, 7) is 4.39. The summed E-state index contributed by atoms with van der Waals surface area (Å²) in [5.41, 5.74) is 0. The quantitative estimate of drug-likeness (QED) is 0.674. The molecule has 2 unspecified atom stereocenters. The van der Waals surface area contributed by atoms with Crippen LogP contribution in [0.4, 0.5) is 0 Å². The van der Waals surface area contributed by atoms with Crippen LogP contribution >= 0.6 is 8.03 Å². The summed E-state index contributed by atoms with van der Waals surface area (Å²) >= 11 is 0. The van der Waals surface area contributed by atoms with Crippen LogP contribution in [0.15, 0.2) is 0 Å². The number of Topliss-reactive ketones (excluding diaryl/α,β-unsaturated/α-hetero) is 1. The van der Waals surface area contributed by atoms with Crippen molar-refractivity contribution in [1.82, 2.24) is 5.32 Å². The lowest BCUT2D eigenvalue weighted by atomic mass is 10.1. The van der Waals surface area contributed by atoms with Gasteiger partial charge in [-0.2, -0.15) is 0 Å². The van der Waals surface area contributed by atoms with Crippen molar-refractivity contribution >= 4 is 19.7 Å². The van der Waals surface area contributed by atoms with Gasteiger partial charge in [0.05, 0.1) is 0 Å². The average Bonchev–Trinajstić information content (AvgIpc) is 2.10. The first-order valence-electron chi connectivity index (χ1n) is 4.31. The largest absolute Gasteiger partial charge is 0.504 e. The molecule has 0 aliphatic heterocycles. The average molecular weight is 220 g/mol. The SMILES string of the molecule is CCC(=O)C(CO[P+](C)=O)NC(C)=O. The maximum absolute atomic E-state index is 11.3. The normalized spacial score (nSPS) is 13.2. The predicted octanol–water partition coefficient (Wildman–Crippen LogP) is 0.859. The number of carbonyl (C=O) groups excluding carboxylic acids is 2. The third-order valence-corrected chi connectivity index (χ3v) is 2.05. The third-order valence-electron chi connectivity index (χ3n) is 1.54. The van der Waals surface area contributed by atoms with Gasteiger partial charge in [0.2, 0.25) is 5.91 Å². The molecule has 5 nitrogen and oxygen atoms in total. The molecule has 0 aromatic carbocycles. The standard InChI is InChI=1S/C8H14NO4P/c1-4-8(11)7(9-6(2)10)5-13-14(3)12/h7H,4-5H2,1-3H3/p+1. The molecule has 2 atom stereocenters. The summed E-state index contributed by atoms with van der Waals surface area (Å²) in [7, 11) is -1.74. The fraction of sp³-hybridized carbons (Fsp3) is 0.750. The van der Waals surface area contributed by atoms with Crippen LogP contribution in [0.3, 0.4) is 0 Å². The van der Waals surface area contributed by atoms with Gasteiger partial charge in [0.1, 0.15) is 12.6 Å². The summed E-state index contributed by atoms with van der Waals surface area (Å²) in [6, 6.07) is -0.684. The van der Waals surface area contributed by atoms with Gasteiger partial charge in [-0.15, -0.1) is 4.52 Å². The van der Waals surface area contributed by atoms with Crippen molar-refractivity contribution in [2.45, 2.75) is 26.3 Å². The second kappa shape index (κ2) is 6.62. The highest BCUT2D eigenvalue weighted by Crippen LogP contribution is 2.15. The molecule has 0 aliphatic carbocycles. The zero-order chi connectivity index (χ0) is 11.1. The first-order chi connectivity index (χ1) is 6.47. The molecule has 1 N–H and O–H groups in total. The molecule has 0 bridgehead atoms. The molecule has 0 spiro atoms. The molecule has 6 heteroatoms. The van der Waals surface area contributed by atoms with E-state index in [1.165, 1.54) is 13.6 Å². The molecule has 1 amide bonds. The second-order valence-electron chi connectivity index (χ2n) is 2.81. The topological polar surface area (TPSA) is 72.5 Å². The lowest BCUT2D eigenvalue weighted by Gasteiger charge is -2.12. The monoisotopic (exact) mass is 220 g/mol. The van der Waals surface area contributed by atoms with E-state index in [9.17, 15) is 14.2 Å². The van der Waals surface area contributed by atoms with Gasteiger partial charge in [-0.3, -0.25) is 9.59 Å². The van der Waals surface area contributed by atoms with Crippen molar-refractivity contribution in [1.29, 1.82) is 0 Å². The zero-order valence-electron chi connectivity index (χ0n) is 8.57. The summed E-state index contributed by atoms with van der Waals surface area (Å²) in [5.74, 6) is -0.427. The van der Waals surface area contributed by atoms with E-state index >= 15 is 0 Å². The van der Waals surface area contributed by atoms with E-state index in [-0.39, 0.29) is 18.3 Å². The van der Waals surface area contributed by atoms with E-state index in [0.717, 1.165) is 0 Å². The Kier molecular flexibility index (Phi) is 6.25. The molecule has 14 heavy (non-hydrogen) atoms. The van der Waals surface area contributed by atoms with Crippen LogP contribution in [0.2, 0.25) is 0 Å². The van der Waals surface area contributed by atoms with E-state index in [1.807, 2.05) is 0 Å². The van der Waals surface area contributed by atoms with Crippen molar-refractivity contribution in [3.8, 4) is 0 Å². The van der Waals surface area contributed by atoms with Gasteiger partial charge in [-0.25, -0.2) is 0 Å². The van der Waals surface area contributed by atoms with Crippen LogP contribution in [0.25, 0.3) is 0 Å². The molecule has 0 saturated carbocycles. The van der Waals surface area contributed by atoms with Gasteiger partial charge in [0, 0.05) is 13.3 Å². The van der Waals surface area contributed by atoms with Gasteiger partial charge in [0.15, 0.2) is 12.4 Å². The van der Waals surface area contributed by atoms with Crippen LogP contribution in [0.5, 0.6) is 0 Å². The molecule has 0 aliphatic rings. The molecule has 0 saturated heterocycles. The number of carbonyl (C=O) groups is 2. The van der Waals surface area contributed by atoms with Crippen LogP contribution in [0, 0.1) is 0 Å². The summed E-state index contributed by atoms with van der Waals surface area (Å²) in [6.07, 6.45) is 0.314. The van der Waals surface area contributed by atoms with Crippen LogP contribution in [-0.2, 0) is 18.7 Å². The van der Waals surface area contributed by atoms with Crippen LogP contribution < -0.4 is 5.32 Å². The first kappa shape index (κ1) is 13.2. The number of hydrogen-bond acceptors (Lipinski definition) is 4. The van der Waals surface area contributed by atoms with Crippen molar-refractivity contribution in [2.75, 3.05) is 13.3 Å². The van der Waals surface area contributed by atoms with Gasteiger partial charge in [-0.1, -0.05) is 6.92 Å². The Balaban J connectivity index is 4.17. The van der Waals surface area contributed by atoms with Crippen LogP contribution in [0.1, 0.15) is 20.3 Å². The minimum Gasteiger partial charge on any atom is -0.344 e. The minimum absolute atomic E-state index is 0.0298. The van der Waals surface area contributed by atoms with E-state index < -0.39 is 14.1 Å². The lowest BCUT2D eigenvalue weighted by molar-refractivity contribution is -0.127. The highest BCUT2D eigenvalue weighted by molar-refractivity contribution is 7.38. The number of nitrogens with one attached hydrogen (secondary N) is 1. The van der Waals surface area contributed by atoms with Crippen molar-refractivity contribution in [2.24, 2.45) is 0 Å². The highest BCUT2D eigenvalue weighted by atomic mass is 31.1. The van der Waals surface area contributed by atoms with E-state index in [0.29, 0.717) is 6.42 Å². The maximum atomic E-state index is 11.3. The molecule has 0 aromatic heterocycles. The Bertz CT molecular complexity index is 241. The number of hydrogen-bond donors (Lipinski definition) is 1. The van der Waals surface area contributed by atoms with E-state index in [1.54, 1.807) is 6.92 Å². The zero-order valence-corrected chi connectivity index (χ0v) is 9.47. The fourth-order valence-corrected chi connectivity index (χ4v) is 1.25. The number of ketones is 1. The molecular weight excluding hydrogens is 205 g/mol. The van der Waals surface area contributed by atoms with Gasteiger partial charge >= 0.3 is 8.03 Å². The van der Waals surface area contributed by atoms with Gasteiger partial charge in [-0.05, 0) is 4.57 Å². The van der Waals surface area contributed by atoms with E-state index in [4.69, 9.17) is 4.52 Å². The van der Waals surface area contributed by atoms with Gasteiger partial charge < -0.3 is 5.32 Å². The number of amides is 1. The molecule has 0 rings (SSSR count). The third kappa shape index (κ3) is 5.78. The highest BCUT2D eigenvalue weighted by Gasteiger charge is 2.21. The van der Waals surface area contributed by atoms with Crippen molar-refractivity contribution in [3.63, 3.8) is 0 Å². The summed E-state index contributed by atoms with van der Waals surface area (Å²) in [5, 5.41) is 2.44. The maximum Gasteiger partial charge on any atom is 0.504 e. The Hall–Kier alpha value is -0.800. The second-order valence-corrected chi connectivity index (χ2v) is 3.95. The van der Waals surface area contributed by atoms with Crippen molar-refractivity contribution < 1.29 is 18.7 Å². The summed E-state index contributed by atoms with van der Waals surface area (Å²) in [4.78, 5) is 22.0. The molecule has 0 aromatic rings. The Morgan fingerprint density at radius 3 is 2.43 bits per heavy atom. The Morgan fingerprint density at radius 1 is 1.50 bits per heavy atom. The van der Waals surface area contributed by atoms with Crippen molar-refractivity contribution in [3.05, 3.63) is 0 Å². The molecule has 0 heterocycles. The predicted molar refractivity (Wildman–Crippen MR) is 52.4 cm³/mol. The molecule has 0 fully saturated rings. The van der Waals surface area contributed by atoms with Crippen LogP contribution in [-0.4, -0.2) is 31.0 Å².